The van der Waals surface area contributed by atoms with Crippen molar-refractivity contribution < 1.29 is 0 Å². The molecule has 6 nitrogen and oxygen atoms in total. The third kappa shape index (κ3) is 3.17. The van der Waals surface area contributed by atoms with Gasteiger partial charge in [0.05, 0.1) is 39.8 Å². The molecule has 0 fully saturated rings. The van der Waals surface area contributed by atoms with E-state index in [2.05, 4.69) is 105 Å². The third-order valence-electron chi connectivity index (χ3n) is 9.91. The van der Waals surface area contributed by atoms with Gasteiger partial charge >= 0.3 is 0 Å². The van der Waals surface area contributed by atoms with Crippen molar-refractivity contribution in [1.82, 2.24) is 23.9 Å². The highest BCUT2D eigenvalue weighted by Gasteiger charge is 2.26. The summed E-state index contributed by atoms with van der Waals surface area (Å²) in [5, 5.41) is 10.5. The molecule has 6 aromatic carbocycles. The van der Waals surface area contributed by atoms with E-state index >= 15 is 0 Å². The smallest absolute Gasteiger partial charge is 0.237 e. The molecule has 0 bridgehead atoms. The van der Waals surface area contributed by atoms with E-state index in [1.54, 1.807) is 6.20 Å². The predicted octanol–water partition coefficient (Wildman–Crippen LogP) is 10.6. The highest BCUT2D eigenvalue weighted by molar-refractivity contribution is 6.36. The fraction of sp³-hybridized carbons (Fsp3) is 0. The molecule has 6 heteroatoms. The molecule has 0 aliphatic carbocycles. The van der Waals surface area contributed by atoms with Gasteiger partial charge in [-0.15, -0.1) is 0 Å². The average Bonchev–Trinajstić information content (AvgIpc) is 3.79. The van der Waals surface area contributed by atoms with Crippen molar-refractivity contribution in [2.75, 3.05) is 0 Å². The van der Waals surface area contributed by atoms with Crippen molar-refractivity contribution in [1.29, 1.82) is 0 Å². The molecule has 0 saturated heterocycles. The molecule has 0 atom stereocenters. The number of pyridine rings is 1. The summed E-state index contributed by atoms with van der Waals surface area (Å²) >= 11 is 0. The summed E-state index contributed by atoms with van der Waals surface area (Å²) in [6, 6.07) is 44.3. The van der Waals surface area contributed by atoms with Gasteiger partial charge in [-0.2, -0.15) is 4.98 Å². The van der Waals surface area contributed by atoms with Crippen molar-refractivity contribution in [3.8, 4) is 17.2 Å². The highest BCUT2D eigenvalue weighted by atomic mass is 15.2. The van der Waals surface area contributed by atoms with Crippen molar-refractivity contribution in [3.05, 3.63) is 145 Å². The molecule has 0 amide bonds. The summed E-state index contributed by atoms with van der Waals surface area (Å²) in [6.45, 7) is 7.45. The Labute approximate surface area is 272 Å². The number of hydrogen-bond acceptors (Lipinski definition) is 3. The Morgan fingerprint density at radius 1 is 0.542 bits per heavy atom. The lowest BCUT2D eigenvalue weighted by molar-refractivity contribution is 1.01. The van der Waals surface area contributed by atoms with E-state index < -0.39 is 0 Å². The zero-order valence-electron chi connectivity index (χ0n) is 25.4. The topological polar surface area (TPSA) is 52.4 Å². The van der Waals surface area contributed by atoms with Gasteiger partial charge in [0.25, 0.3) is 0 Å². The van der Waals surface area contributed by atoms with Crippen LogP contribution in [0.4, 0.5) is 5.69 Å². The molecule has 11 aromatic rings. The summed E-state index contributed by atoms with van der Waals surface area (Å²) in [6.07, 6.45) is 1.78. The molecule has 0 aliphatic rings. The lowest BCUT2D eigenvalue weighted by Crippen LogP contribution is -2.04. The Kier molecular flexibility index (Phi) is 4.82. The van der Waals surface area contributed by atoms with Gasteiger partial charge in [-0.05, 0) is 41.3 Å². The summed E-state index contributed by atoms with van der Waals surface area (Å²) in [5.74, 6) is 0.559. The molecule has 0 radical (unpaired) electrons. The van der Waals surface area contributed by atoms with Gasteiger partial charge in [0, 0.05) is 49.3 Å². The van der Waals surface area contributed by atoms with E-state index in [4.69, 9.17) is 21.5 Å². The second kappa shape index (κ2) is 9.12. The van der Waals surface area contributed by atoms with Crippen LogP contribution in [0.3, 0.4) is 0 Å². The Morgan fingerprint density at radius 2 is 1.25 bits per heavy atom. The quantitative estimate of drug-likeness (QED) is 0.183. The van der Waals surface area contributed by atoms with E-state index in [1.165, 1.54) is 48.9 Å². The van der Waals surface area contributed by atoms with Crippen molar-refractivity contribution >= 4 is 87.4 Å². The standard InChI is InChI=1S/C42H22N6/c1-43-26-19-16-25(17-20-26)37-31-13-8-22-44-41(31)46-42(45-37)48-35-15-7-5-12-29(35)33-23-32-28-11-4-6-14-34(28)47-38-27-10-3-2-9-24(27)18-21-30(38)36(39(32)47)40(33)48/h2-23H. The monoisotopic (exact) mass is 610 g/mol. The number of fused-ring (bicyclic) bond motifs is 13. The van der Waals surface area contributed by atoms with Gasteiger partial charge in [0.2, 0.25) is 5.95 Å². The third-order valence-corrected chi connectivity index (χ3v) is 9.91. The van der Waals surface area contributed by atoms with Gasteiger partial charge in [-0.3, -0.25) is 4.57 Å². The predicted molar refractivity (Wildman–Crippen MR) is 196 cm³/mol. The maximum absolute atomic E-state index is 7.45. The largest absolute Gasteiger partial charge is 0.307 e. The number of benzene rings is 6. The maximum atomic E-state index is 7.45. The van der Waals surface area contributed by atoms with E-state index in [-0.39, 0.29) is 0 Å². The Morgan fingerprint density at radius 3 is 2.08 bits per heavy atom. The van der Waals surface area contributed by atoms with E-state index in [1.807, 2.05) is 36.4 Å². The fourth-order valence-electron chi connectivity index (χ4n) is 7.93. The lowest BCUT2D eigenvalue weighted by atomic mass is 10.0. The first kappa shape index (κ1) is 25.4. The van der Waals surface area contributed by atoms with Gasteiger partial charge < -0.3 is 4.40 Å². The Balaban J connectivity index is 1.38. The molecule has 11 rings (SSSR count). The molecule has 48 heavy (non-hydrogen) atoms. The van der Waals surface area contributed by atoms with Crippen LogP contribution in [0.15, 0.2) is 134 Å². The molecule has 5 aromatic heterocycles. The molecule has 0 saturated carbocycles. The van der Waals surface area contributed by atoms with E-state index in [0.29, 0.717) is 17.3 Å². The maximum Gasteiger partial charge on any atom is 0.237 e. The second-order valence-electron chi connectivity index (χ2n) is 12.3. The normalized spacial score (nSPS) is 12.1. The van der Waals surface area contributed by atoms with Gasteiger partial charge in [-0.25, -0.2) is 14.8 Å². The number of aromatic nitrogens is 5. The average molecular weight is 611 g/mol. The first-order chi connectivity index (χ1) is 23.8. The second-order valence-corrected chi connectivity index (χ2v) is 12.3. The van der Waals surface area contributed by atoms with Crippen LogP contribution in [0.5, 0.6) is 0 Å². The SMILES string of the molecule is [C-]#[N+]c1ccc(-c2nc(-n3c4ccccc4c4cc5c6ccccc6n6c7c8ccccc8ccc7c(c43)c56)nc3ncccc23)cc1. The highest BCUT2D eigenvalue weighted by Crippen LogP contribution is 2.47. The molecule has 220 valence electrons. The lowest BCUT2D eigenvalue weighted by Gasteiger charge is -2.12. The summed E-state index contributed by atoms with van der Waals surface area (Å²) in [4.78, 5) is 18.8. The zero-order valence-corrected chi connectivity index (χ0v) is 25.4. The first-order valence-corrected chi connectivity index (χ1v) is 15.9. The minimum atomic E-state index is 0.559. The Hall–Kier alpha value is -6.84. The molecule has 0 N–H and O–H groups in total. The molecular weight excluding hydrogens is 589 g/mol. The number of nitrogens with zero attached hydrogens (tertiary/aromatic N) is 6. The number of hydrogen-bond donors (Lipinski definition) is 0. The van der Waals surface area contributed by atoms with Crippen LogP contribution in [-0.2, 0) is 0 Å². The minimum absolute atomic E-state index is 0.559. The summed E-state index contributed by atoms with van der Waals surface area (Å²) in [5.41, 5.74) is 8.62. The molecule has 0 aliphatic heterocycles. The fourth-order valence-corrected chi connectivity index (χ4v) is 7.93. The van der Waals surface area contributed by atoms with Crippen molar-refractivity contribution in [3.63, 3.8) is 0 Å². The van der Waals surface area contributed by atoms with Gasteiger partial charge in [0.15, 0.2) is 11.3 Å². The Bertz CT molecular complexity index is 3180. The van der Waals surface area contributed by atoms with Crippen LogP contribution in [0.25, 0.3) is 104 Å². The molecule has 0 spiro atoms. The van der Waals surface area contributed by atoms with Crippen LogP contribution >= 0.6 is 0 Å². The van der Waals surface area contributed by atoms with Crippen LogP contribution in [0.1, 0.15) is 0 Å². The summed E-state index contributed by atoms with van der Waals surface area (Å²) in [7, 11) is 0. The van der Waals surface area contributed by atoms with Crippen LogP contribution in [0.2, 0.25) is 0 Å². The molecule has 0 unspecified atom stereocenters. The van der Waals surface area contributed by atoms with Gasteiger partial charge in [-0.1, -0.05) is 97.1 Å². The molecular formula is C42H22N6. The minimum Gasteiger partial charge on any atom is -0.307 e. The molecule has 5 heterocycles. The van der Waals surface area contributed by atoms with Crippen LogP contribution in [0, 0.1) is 6.57 Å². The summed E-state index contributed by atoms with van der Waals surface area (Å²) < 4.78 is 4.70. The first-order valence-electron chi connectivity index (χ1n) is 15.9. The van der Waals surface area contributed by atoms with Crippen LogP contribution < -0.4 is 0 Å². The van der Waals surface area contributed by atoms with Crippen molar-refractivity contribution in [2.45, 2.75) is 0 Å². The number of rotatable bonds is 2. The van der Waals surface area contributed by atoms with E-state index in [9.17, 15) is 0 Å². The van der Waals surface area contributed by atoms with Gasteiger partial charge in [0.1, 0.15) is 0 Å². The number of para-hydroxylation sites is 2. The van der Waals surface area contributed by atoms with Crippen molar-refractivity contribution in [2.24, 2.45) is 0 Å². The van der Waals surface area contributed by atoms with E-state index in [0.717, 1.165) is 38.4 Å². The zero-order chi connectivity index (χ0) is 31.5. The van der Waals surface area contributed by atoms with Crippen LogP contribution in [-0.4, -0.2) is 23.9 Å².